The monoisotopic (exact) mass is 276 g/mol. The highest BCUT2D eigenvalue weighted by Gasteiger charge is 2.07. The Morgan fingerprint density at radius 1 is 1.53 bits per heavy atom. The van der Waals surface area contributed by atoms with Crippen LogP contribution in [0.4, 0.5) is 11.5 Å². The van der Waals surface area contributed by atoms with E-state index in [1.54, 1.807) is 11.6 Å². The average Bonchev–Trinajstić information content (AvgIpc) is 2.85. The standard InChI is InChI=1S/C13H16N4OS/c1-17(2)13-11(4-3-5-15-13)16-7-10-6-9(8-19-10)12(14)18/h3-6,8,16H,7H2,1-2H3,(H2,14,18). The van der Waals surface area contributed by atoms with Gasteiger partial charge in [-0.2, -0.15) is 0 Å². The first kappa shape index (κ1) is 13.4. The molecule has 0 aliphatic carbocycles. The minimum atomic E-state index is -0.391. The normalized spacial score (nSPS) is 10.2. The Morgan fingerprint density at radius 2 is 2.32 bits per heavy atom. The maximum atomic E-state index is 11.0. The zero-order valence-electron chi connectivity index (χ0n) is 10.9. The summed E-state index contributed by atoms with van der Waals surface area (Å²) in [6.45, 7) is 0.643. The Morgan fingerprint density at radius 3 is 2.95 bits per heavy atom. The lowest BCUT2D eigenvalue weighted by molar-refractivity contribution is 0.100. The molecule has 100 valence electrons. The van der Waals surface area contributed by atoms with Gasteiger partial charge < -0.3 is 16.0 Å². The molecule has 0 aromatic carbocycles. The van der Waals surface area contributed by atoms with E-state index in [-0.39, 0.29) is 0 Å². The van der Waals surface area contributed by atoms with E-state index in [1.165, 1.54) is 11.3 Å². The molecule has 0 saturated carbocycles. The Hall–Kier alpha value is -2.08. The highest BCUT2D eigenvalue weighted by atomic mass is 32.1. The summed E-state index contributed by atoms with van der Waals surface area (Å²) in [6.07, 6.45) is 1.76. The lowest BCUT2D eigenvalue weighted by Crippen LogP contribution is -2.13. The number of rotatable bonds is 5. The molecular formula is C13H16N4OS. The molecule has 0 fully saturated rings. The van der Waals surface area contributed by atoms with E-state index in [9.17, 15) is 4.79 Å². The first-order chi connectivity index (χ1) is 9.08. The van der Waals surface area contributed by atoms with Crippen molar-refractivity contribution in [3.05, 3.63) is 40.2 Å². The maximum absolute atomic E-state index is 11.0. The Labute approximate surface area is 116 Å². The van der Waals surface area contributed by atoms with Gasteiger partial charge in [0.25, 0.3) is 0 Å². The van der Waals surface area contributed by atoms with E-state index in [2.05, 4.69) is 10.3 Å². The number of nitrogens with zero attached hydrogens (tertiary/aromatic N) is 2. The average molecular weight is 276 g/mol. The third-order valence-electron chi connectivity index (χ3n) is 2.60. The first-order valence-corrected chi connectivity index (χ1v) is 6.69. The van der Waals surface area contributed by atoms with Crippen LogP contribution in [0.5, 0.6) is 0 Å². The Bertz CT molecular complexity index is 580. The SMILES string of the molecule is CN(C)c1ncccc1NCc1cc(C(N)=O)cs1. The summed E-state index contributed by atoms with van der Waals surface area (Å²) in [5.41, 5.74) is 6.74. The first-order valence-electron chi connectivity index (χ1n) is 5.81. The fourth-order valence-corrected chi connectivity index (χ4v) is 2.49. The molecule has 0 bridgehead atoms. The third-order valence-corrected chi connectivity index (χ3v) is 3.54. The van der Waals surface area contributed by atoms with Crippen molar-refractivity contribution >= 4 is 28.7 Å². The molecule has 0 spiro atoms. The van der Waals surface area contributed by atoms with Gasteiger partial charge >= 0.3 is 0 Å². The molecule has 0 atom stereocenters. The number of hydrogen-bond donors (Lipinski definition) is 2. The van der Waals surface area contributed by atoms with E-state index < -0.39 is 5.91 Å². The summed E-state index contributed by atoms with van der Waals surface area (Å²) in [6, 6.07) is 5.68. The van der Waals surface area contributed by atoms with Crippen LogP contribution in [-0.4, -0.2) is 25.0 Å². The predicted octanol–water partition coefficient (Wildman–Crippen LogP) is 1.92. The number of thiophene rings is 1. The molecule has 0 radical (unpaired) electrons. The lowest BCUT2D eigenvalue weighted by atomic mass is 10.3. The summed E-state index contributed by atoms with van der Waals surface area (Å²) < 4.78 is 0. The van der Waals surface area contributed by atoms with Crippen molar-refractivity contribution in [3.63, 3.8) is 0 Å². The Kier molecular flexibility index (Phi) is 4.01. The number of amides is 1. The fraction of sp³-hybridized carbons (Fsp3) is 0.231. The van der Waals surface area contributed by atoms with Crippen molar-refractivity contribution in [2.45, 2.75) is 6.54 Å². The van der Waals surface area contributed by atoms with Crippen LogP contribution >= 0.6 is 11.3 Å². The van der Waals surface area contributed by atoms with E-state index in [0.717, 1.165) is 16.4 Å². The zero-order chi connectivity index (χ0) is 13.8. The van der Waals surface area contributed by atoms with Gasteiger partial charge in [-0.05, 0) is 18.2 Å². The van der Waals surface area contributed by atoms with Crippen LogP contribution in [0.3, 0.4) is 0 Å². The third kappa shape index (κ3) is 3.23. The van der Waals surface area contributed by atoms with Crippen LogP contribution in [0, 0.1) is 0 Å². The highest BCUT2D eigenvalue weighted by molar-refractivity contribution is 7.10. The molecule has 19 heavy (non-hydrogen) atoms. The van der Waals surface area contributed by atoms with E-state index in [0.29, 0.717) is 12.1 Å². The van der Waals surface area contributed by atoms with Crippen LogP contribution in [0.2, 0.25) is 0 Å². The van der Waals surface area contributed by atoms with Crippen LogP contribution in [0.25, 0.3) is 0 Å². The topological polar surface area (TPSA) is 71.2 Å². The van der Waals surface area contributed by atoms with Crippen molar-refractivity contribution in [2.24, 2.45) is 5.73 Å². The zero-order valence-corrected chi connectivity index (χ0v) is 11.7. The molecule has 0 unspecified atom stereocenters. The number of nitrogens with two attached hydrogens (primary N) is 1. The van der Waals surface area contributed by atoms with Gasteiger partial charge in [0.1, 0.15) is 0 Å². The van der Waals surface area contributed by atoms with Gasteiger partial charge in [-0.3, -0.25) is 4.79 Å². The van der Waals surface area contributed by atoms with Crippen molar-refractivity contribution < 1.29 is 4.79 Å². The van der Waals surface area contributed by atoms with Gasteiger partial charge in [-0.1, -0.05) is 0 Å². The molecule has 1 amide bonds. The second-order valence-electron chi connectivity index (χ2n) is 4.29. The summed E-state index contributed by atoms with van der Waals surface area (Å²) >= 11 is 1.51. The number of hydrogen-bond acceptors (Lipinski definition) is 5. The van der Waals surface area contributed by atoms with E-state index in [1.807, 2.05) is 37.2 Å². The minimum absolute atomic E-state index is 0.391. The van der Waals surface area contributed by atoms with Gasteiger partial charge in [0, 0.05) is 37.1 Å². The number of carbonyl (C=O) groups excluding carboxylic acids is 1. The van der Waals surface area contributed by atoms with Crippen molar-refractivity contribution in [3.8, 4) is 0 Å². The predicted molar refractivity (Wildman–Crippen MR) is 78.7 cm³/mol. The van der Waals surface area contributed by atoms with Crippen LogP contribution in [0.1, 0.15) is 15.2 Å². The molecule has 2 heterocycles. The second kappa shape index (κ2) is 5.71. The van der Waals surface area contributed by atoms with Gasteiger partial charge in [0.2, 0.25) is 5.91 Å². The number of primary amides is 1. The van der Waals surface area contributed by atoms with Crippen LogP contribution in [0.15, 0.2) is 29.8 Å². The number of carbonyl (C=O) groups is 1. The number of anilines is 2. The molecular weight excluding hydrogens is 260 g/mol. The molecule has 6 heteroatoms. The molecule has 0 aliphatic heterocycles. The molecule has 0 aliphatic rings. The van der Waals surface area contributed by atoms with Crippen molar-refractivity contribution in [1.82, 2.24) is 4.98 Å². The summed E-state index contributed by atoms with van der Waals surface area (Å²) in [5, 5.41) is 5.09. The number of pyridine rings is 1. The molecule has 2 aromatic rings. The van der Waals surface area contributed by atoms with Crippen LogP contribution < -0.4 is 16.0 Å². The summed E-state index contributed by atoms with van der Waals surface area (Å²) in [4.78, 5) is 18.3. The molecule has 2 rings (SSSR count). The quantitative estimate of drug-likeness (QED) is 0.875. The van der Waals surface area contributed by atoms with E-state index >= 15 is 0 Å². The van der Waals surface area contributed by atoms with Crippen LogP contribution in [-0.2, 0) is 6.54 Å². The fourth-order valence-electron chi connectivity index (χ4n) is 1.68. The lowest BCUT2D eigenvalue weighted by Gasteiger charge is -2.16. The Balaban J connectivity index is 2.08. The highest BCUT2D eigenvalue weighted by Crippen LogP contribution is 2.22. The van der Waals surface area contributed by atoms with Crippen molar-refractivity contribution in [2.75, 3.05) is 24.3 Å². The maximum Gasteiger partial charge on any atom is 0.249 e. The van der Waals surface area contributed by atoms with Gasteiger partial charge in [0.15, 0.2) is 5.82 Å². The van der Waals surface area contributed by atoms with Crippen molar-refractivity contribution in [1.29, 1.82) is 0 Å². The number of nitrogens with one attached hydrogen (secondary N) is 1. The molecule has 0 saturated heterocycles. The second-order valence-corrected chi connectivity index (χ2v) is 5.28. The summed E-state index contributed by atoms with van der Waals surface area (Å²) in [5.74, 6) is 0.493. The molecule has 2 aromatic heterocycles. The molecule has 3 N–H and O–H groups in total. The number of aromatic nitrogens is 1. The van der Waals surface area contributed by atoms with E-state index in [4.69, 9.17) is 5.73 Å². The van der Waals surface area contributed by atoms with Gasteiger partial charge in [0.05, 0.1) is 11.3 Å². The largest absolute Gasteiger partial charge is 0.377 e. The minimum Gasteiger partial charge on any atom is -0.377 e. The van der Waals surface area contributed by atoms with Gasteiger partial charge in [-0.15, -0.1) is 11.3 Å². The summed E-state index contributed by atoms with van der Waals surface area (Å²) in [7, 11) is 3.90. The molecule has 5 nitrogen and oxygen atoms in total. The smallest absolute Gasteiger partial charge is 0.249 e. The van der Waals surface area contributed by atoms with Gasteiger partial charge in [-0.25, -0.2) is 4.98 Å².